The highest BCUT2D eigenvalue weighted by Crippen LogP contribution is 2.33. The van der Waals surface area contributed by atoms with E-state index in [-0.39, 0.29) is 30.1 Å². The van der Waals surface area contributed by atoms with Crippen molar-refractivity contribution < 1.29 is 23.8 Å². The van der Waals surface area contributed by atoms with Crippen LogP contribution >= 0.6 is 0 Å². The first kappa shape index (κ1) is 26.7. The molecule has 5 rings (SSSR count). The largest absolute Gasteiger partial charge is 0.496 e. The Labute approximate surface area is 227 Å². The van der Waals surface area contributed by atoms with E-state index in [1.165, 1.54) is 0 Å². The molecule has 2 fully saturated rings. The van der Waals surface area contributed by atoms with Crippen molar-refractivity contribution >= 4 is 17.5 Å². The number of hydrogen-bond donors (Lipinski definition) is 2. The van der Waals surface area contributed by atoms with E-state index >= 15 is 0 Å². The van der Waals surface area contributed by atoms with Crippen molar-refractivity contribution in [3.05, 3.63) is 42.2 Å². The molecule has 11 heteroatoms. The predicted molar refractivity (Wildman–Crippen MR) is 145 cm³/mol. The maximum Gasteiger partial charge on any atom is 0.410 e. The van der Waals surface area contributed by atoms with Crippen molar-refractivity contribution in [2.45, 2.75) is 51.9 Å². The molecule has 3 atom stereocenters. The Balaban J connectivity index is 1.39. The lowest BCUT2D eigenvalue weighted by Crippen LogP contribution is -2.49. The summed E-state index contributed by atoms with van der Waals surface area (Å²) in [6, 6.07) is 7.66. The minimum atomic E-state index is -0.550. The molecule has 2 amide bonds. The molecule has 2 saturated heterocycles. The van der Waals surface area contributed by atoms with Crippen LogP contribution in [0.15, 0.2) is 36.7 Å². The molecule has 2 N–H and O–H groups in total. The van der Waals surface area contributed by atoms with Crippen molar-refractivity contribution in [2.75, 3.05) is 33.3 Å². The first-order chi connectivity index (χ1) is 18.6. The maximum absolute atomic E-state index is 12.7. The average molecular weight is 537 g/mol. The summed E-state index contributed by atoms with van der Waals surface area (Å²) in [5.41, 5.74) is 2.65. The van der Waals surface area contributed by atoms with Gasteiger partial charge in [-0.3, -0.25) is 4.79 Å². The Kier molecular flexibility index (Phi) is 7.35. The van der Waals surface area contributed by atoms with Crippen LogP contribution in [0.25, 0.3) is 16.8 Å². The van der Waals surface area contributed by atoms with Crippen LogP contribution in [0.4, 0.5) is 4.79 Å². The van der Waals surface area contributed by atoms with Gasteiger partial charge in [0.15, 0.2) is 0 Å². The van der Waals surface area contributed by atoms with E-state index in [4.69, 9.17) is 19.2 Å². The van der Waals surface area contributed by atoms with Crippen molar-refractivity contribution in [1.29, 1.82) is 0 Å². The molecule has 2 aliphatic heterocycles. The van der Waals surface area contributed by atoms with Gasteiger partial charge in [0.05, 0.1) is 31.2 Å². The third kappa shape index (κ3) is 5.93. The second-order valence-corrected chi connectivity index (χ2v) is 11.1. The van der Waals surface area contributed by atoms with Crippen LogP contribution in [-0.2, 0) is 9.53 Å². The van der Waals surface area contributed by atoms with E-state index in [9.17, 15) is 9.59 Å². The van der Waals surface area contributed by atoms with Gasteiger partial charge in [-0.2, -0.15) is 5.10 Å². The van der Waals surface area contributed by atoms with Crippen LogP contribution in [-0.4, -0.2) is 76.5 Å². The third-order valence-corrected chi connectivity index (χ3v) is 7.06. The minimum absolute atomic E-state index is 0.0421. The van der Waals surface area contributed by atoms with Crippen molar-refractivity contribution in [1.82, 2.24) is 30.1 Å². The number of piperazine rings is 1. The minimum Gasteiger partial charge on any atom is -0.496 e. The monoisotopic (exact) mass is 536 g/mol. The van der Waals surface area contributed by atoms with E-state index in [1.54, 1.807) is 22.7 Å². The normalized spacial score (nSPS) is 20.5. The number of carbonyl (C=O) groups excluding carboxylic acids is 2. The standard InChI is InChI=1S/C28H36N6O5/c1-17(19-13-25(35)30-14-19)38-26-23-8-9-31-34(23)16-21(32-26)18-6-7-20(24(12-18)37-5)22-15-33(11-10-29-22)27(36)39-28(2,3)4/h6-9,12,16-17,19,22,29H,10-11,13-15H2,1-5H3,(H,30,35)/t17-,19-,22?/m1/s1. The molecule has 4 heterocycles. The Hall–Kier alpha value is -3.86. The lowest BCUT2D eigenvalue weighted by atomic mass is 10.00. The summed E-state index contributed by atoms with van der Waals surface area (Å²) in [5, 5.41) is 10.8. The molecule has 2 aliphatic rings. The smallest absolute Gasteiger partial charge is 0.410 e. The van der Waals surface area contributed by atoms with E-state index < -0.39 is 5.60 Å². The van der Waals surface area contributed by atoms with Crippen molar-refractivity contribution in [3.63, 3.8) is 0 Å². The van der Waals surface area contributed by atoms with E-state index in [0.717, 1.165) is 16.6 Å². The zero-order chi connectivity index (χ0) is 27.7. The van der Waals surface area contributed by atoms with Gasteiger partial charge in [0.2, 0.25) is 11.8 Å². The quantitative estimate of drug-likeness (QED) is 0.493. The third-order valence-electron chi connectivity index (χ3n) is 7.06. The highest BCUT2D eigenvalue weighted by Gasteiger charge is 2.31. The molecular formula is C28H36N6O5. The van der Waals surface area contributed by atoms with Crippen LogP contribution in [0.1, 0.15) is 45.7 Å². The van der Waals surface area contributed by atoms with Gasteiger partial charge in [-0.05, 0) is 39.8 Å². The molecule has 1 unspecified atom stereocenters. The SMILES string of the molecule is COc1cc(-c2cn3nccc3c(O[C@H](C)[C@H]3CNC(=O)C3)n2)ccc1C1CN(C(=O)OC(C)(C)C)CCN1. The van der Waals surface area contributed by atoms with Crippen LogP contribution in [0.5, 0.6) is 11.6 Å². The number of benzene rings is 1. The topological polar surface area (TPSA) is 119 Å². The molecule has 39 heavy (non-hydrogen) atoms. The van der Waals surface area contributed by atoms with Crippen molar-refractivity contribution in [3.8, 4) is 22.9 Å². The van der Waals surface area contributed by atoms with Crippen LogP contribution in [0.2, 0.25) is 0 Å². The summed E-state index contributed by atoms with van der Waals surface area (Å²) in [7, 11) is 1.63. The molecule has 11 nitrogen and oxygen atoms in total. The zero-order valence-corrected chi connectivity index (χ0v) is 23.1. The fourth-order valence-electron chi connectivity index (χ4n) is 4.96. The van der Waals surface area contributed by atoms with Crippen LogP contribution in [0, 0.1) is 5.92 Å². The number of methoxy groups -OCH3 is 1. The highest BCUT2D eigenvalue weighted by molar-refractivity contribution is 5.78. The molecule has 208 valence electrons. The zero-order valence-electron chi connectivity index (χ0n) is 23.1. The van der Waals surface area contributed by atoms with E-state index in [1.807, 2.05) is 58.2 Å². The number of hydrogen-bond acceptors (Lipinski definition) is 8. The van der Waals surface area contributed by atoms with Gasteiger partial charge in [0, 0.05) is 49.6 Å². The lowest BCUT2D eigenvalue weighted by Gasteiger charge is -2.35. The Morgan fingerprint density at radius 2 is 2.05 bits per heavy atom. The van der Waals surface area contributed by atoms with Gasteiger partial charge in [-0.25, -0.2) is 14.3 Å². The summed E-state index contributed by atoms with van der Waals surface area (Å²) in [6.07, 6.45) is 3.47. The molecule has 2 aromatic heterocycles. The Morgan fingerprint density at radius 1 is 1.23 bits per heavy atom. The Bertz CT molecular complexity index is 1370. The Morgan fingerprint density at radius 3 is 2.77 bits per heavy atom. The summed E-state index contributed by atoms with van der Waals surface area (Å²) >= 11 is 0. The first-order valence-corrected chi connectivity index (χ1v) is 13.3. The second kappa shape index (κ2) is 10.7. The first-order valence-electron chi connectivity index (χ1n) is 13.3. The van der Waals surface area contributed by atoms with E-state index in [2.05, 4.69) is 15.7 Å². The fourth-order valence-corrected chi connectivity index (χ4v) is 4.96. The number of fused-ring (bicyclic) bond motifs is 1. The molecule has 0 spiro atoms. The molecule has 0 saturated carbocycles. The lowest BCUT2D eigenvalue weighted by molar-refractivity contribution is -0.119. The predicted octanol–water partition coefficient (Wildman–Crippen LogP) is 3.19. The molecule has 1 aromatic carbocycles. The van der Waals surface area contributed by atoms with Crippen molar-refractivity contribution in [2.24, 2.45) is 5.92 Å². The number of aromatic nitrogens is 3. The number of amides is 2. The number of nitrogens with zero attached hydrogens (tertiary/aromatic N) is 4. The van der Waals surface area contributed by atoms with Gasteiger partial charge in [-0.1, -0.05) is 12.1 Å². The summed E-state index contributed by atoms with van der Waals surface area (Å²) in [5.74, 6) is 1.26. The molecule has 0 radical (unpaired) electrons. The average Bonchev–Trinajstić information content (AvgIpc) is 3.56. The number of ether oxygens (including phenoxy) is 3. The summed E-state index contributed by atoms with van der Waals surface area (Å²) < 4.78 is 19.4. The van der Waals surface area contributed by atoms with Crippen LogP contribution < -0.4 is 20.1 Å². The number of carbonyl (C=O) groups is 2. The number of nitrogens with one attached hydrogen (secondary N) is 2. The second-order valence-electron chi connectivity index (χ2n) is 11.1. The van der Waals surface area contributed by atoms with Gasteiger partial charge < -0.3 is 29.7 Å². The molecule has 3 aromatic rings. The van der Waals surface area contributed by atoms with Gasteiger partial charge in [0.1, 0.15) is 23.0 Å². The maximum atomic E-state index is 12.7. The fraction of sp³-hybridized carbons (Fsp3) is 0.500. The van der Waals surface area contributed by atoms with E-state index in [0.29, 0.717) is 49.9 Å². The van der Waals surface area contributed by atoms with Gasteiger partial charge in [0.25, 0.3) is 0 Å². The molecular weight excluding hydrogens is 500 g/mol. The van der Waals surface area contributed by atoms with Gasteiger partial charge >= 0.3 is 6.09 Å². The van der Waals surface area contributed by atoms with Gasteiger partial charge in [-0.15, -0.1) is 0 Å². The van der Waals surface area contributed by atoms with Crippen LogP contribution in [0.3, 0.4) is 0 Å². The molecule has 0 aliphatic carbocycles. The summed E-state index contributed by atoms with van der Waals surface area (Å²) in [4.78, 5) is 30.9. The summed E-state index contributed by atoms with van der Waals surface area (Å²) in [6.45, 7) is 9.84. The molecule has 0 bridgehead atoms. The number of rotatable bonds is 6. The highest BCUT2D eigenvalue weighted by atomic mass is 16.6.